The fourth-order valence-corrected chi connectivity index (χ4v) is 3.05. The molecule has 7 heteroatoms. The van der Waals surface area contributed by atoms with Gasteiger partial charge in [-0.15, -0.1) is 11.6 Å². The molecule has 2 aromatic carbocycles. The number of nitrogens with two attached hydrogens (primary N) is 1. The molecule has 0 aliphatic carbocycles. The lowest BCUT2D eigenvalue weighted by Gasteiger charge is -2.32. The lowest BCUT2D eigenvalue weighted by molar-refractivity contribution is -0.137. The second-order valence-corrected chi connectivity index (χ2v) is 6.14. The van der Waals surface area contributed by atoms with Crippen LogP contribution in [0.3, 0.4) is 0 Å². The van der Waals surface area contributed by atoms with Gasteiger partial charge in [-0.2, -0.15) is 13.2 Å². The Balaban J connectivity index is 1.99. The number of aliphatic imine (C=N–C) groups is 1. The van der Waals surface area contributed by atoms with E-state index in [0.717, 1.165) is 11.6 Å². The number of hydrogen-bond acceptors (Lipinski definition) is 2. The van der Waals surface area contributed by atoms with Gasteiger partial charge in [-0.3, -0.25) is 0 Å². The molecule has 0 atom stereocenters. The third kappa shape index (κ3) is 3.90. The summed E-state index contributed by atoms with van der Waals surface area (Å²) in [4.78, 5) is 5.67. The van der Waals surface area contributed by atoms with E-state index < -0.39 is 11.7 Å². The largest absolute Gasteiger partial charge is 0.418 e. The van der Waals surface area contributed by atoms with Crippen molar-refractivity contribution in [3.63, 3.8) is 0 Å². The molecular formula is C18H17ClF3N3. The molecule has 132 valence electrons. The predicted molar refractivity (Wildman–Crippen MR) is 94.6 cm³/mol. The first-order chi connectivity index (χ1) is 11.9. The summed E-state index contributed by atoms with van der Waals surface area (Å²) < 4.78 is 40.7. The molecule has 0 spiro atoms. The molecule has 1 aliphatic heterocycles. The Labute approximate surface area is 148 Å². The van der Waals surface area contributed by atoms with Gasteiger partial charge in [-0.05, 0) is 35.7 Å². The van der Waals surface area contributed by atoms with Crippen LogP contribution >= 0.6 is 11.6 Å². The number of rotatable bonds is 3. The molecule has 0 aromatic heterocycles. The third-order valence-corrected chi connectivity index (χ3v) is 4.44. The smallest absolute Gasteiger partial charge is 0.386 e. The SMILES string of the molecule is NC(CCl)=Nc1ccc(N2CCc3ccccc3C2)c(C(F)(F)F)c1. The lowest BCUT2D eigenvalue weighted by atomic mass is 9.98. The number of amidine groups is 1. The van der Waals surface area contributed by atoms with Crippen LogP contribution in [0.4, 0.5) is 24.5 Å². The van der Waals surface area contributed by atoms with E-state index in [1.54, 1.807) is 4.90 Å². The average molecular weight is 368 g/mol. The van der Waals surface area contributed by atoms with E-state index in [0.29, 0.717) is 19.5 Å². The van der Waals surface area contributed by atoms with Gasteiger partial charge in [-0.25, -0.2) is 4.99 Å². The summed E-state index contributed by atoms with van der Waals surface area (Å²) in [6.07, 6.45) is -3.76. The van der Waals surface area contributed by atoms with Gasteiger partial charge in [0.25, 0.3) is 0 Å². The first-order valence-electron chi connectivity index (χ1n) is 7.80. The van der Waals surface area contributed by atoms with Crippen LogP contribution < -0.4 is 10.6 Å². The molecule has 0 saturated carbocycles. The molecule has 0 radical (unpaired) electrons. The van der Waals surface area contributed by atoms with Gasteiger partial charge in [0.15, 0.2) is 0 Å². The maximum atomic E-state index is 13.6. The van der Waals surface area contributed by atoms with Gasteiger partial charge in [0, 0.05) is 18.8 Å². The highest BCUT2D eigenvalue weighted by Gasteiger charge is 2.35. The van der Waals surface area contributed by atoms with E-state index >= 15 is 0 Å². The Morgan fingerprint density at radius 1 is 1.16 bits per heavy atom. The number of halogens is 4. The summed E-state index contributed by atoms with van der Waals surface area (Å²) in [6.45, 7) is 0.984. The van der Waals surface area contributed by atoms with Crippen LogP contribution in [0.1, 0.15) is 16.7 Å². The quantitative estimate of drug-likeness (QED) is 0.493. The van der Waals surface area contributed by atoms with E-state index in [9.17, 15) is 13.2 Å². The number of hydrogen-bond donors (Lipinski definition) is 1. The highest BCUT2D eigenvalue weighted by molar-refractivity contribution is 6.28. The topological polar surface area (TPSA) is 41.6 Å². The van der Waals surface area contributed by atoms with Crippen LogP contribution in [0, 0.1) is 0 Å². The van der Waals surface area contributed by atoms with Crippen LogP contribution in [-0.2, 0) is 19.1 Å². The van der Waals surface area contributed by atoms with Crippen molar-refractivity contribution in [2.45, 2.75) is 19.1 Å². The second kappa shape index (κ2) is 6.96. The number of nitrogens with zero attached hydrogens (tertiary/aromatic N) is 2. The third-order valence-electron chi connectivity index (χ3n) is 4.17. The van der Waals surface area contributed by atoms with Crippen LogP contribution in [-0.4, -0.2) is 18.3 Å². The standard InChI is InChI=1S/C18H17ClF3N3/c19-10-17(23)24-14-5-6-16(15(9-14)18(20,21)22)25-8-7-12-3-1-2-4-13(12)11-25/h1-6,9H,7-8,10-11H2,(H2,23,24). The van der Waals surface area contributed by atoms with Crippen molar-refractivity contribution >= 4 is 28.8 Å². The van der Waals surface area contributed by atoms with Crippen molar-refractivity contribution in [2.24, 2.45) is 10.7 Å². The van der Waals surface area contributed by atoms with E-state index in [-0.39, 0.29) is 23.1 Å². The zero-order valence-corrected chi connectivity index (χ0v) is 14.1. The van der Waals surface area contributed by atoms with Gasteiger partial charge in [0.05, 0.1) is 17.1 Å². The molecule has 0 fully saturated rings. The molecule has 3 rings (SSSR count). The molecule has 2 N–H and O–H groups in total. The van der Waals surface area contributed by atoms with E-state index in [1.165, 1.54) is 17.7 Å². The Morgan fingerprint density at radius 3 is 2.56 bits per heavy atom. The maximum Gasteiger partial charge on any atom is 0.418 e. The Morgan fingerprint density at radius 2 is 1.88 bits per heavy atom. The monoisotopic (exact) mass is 367 g/mol. The van der Waals surface area contributed by atoms with E-state index in [2.05, 4.69) is 4.99 Å². The molecule has 0 saturated heterocycles. The lowest BCUT2D eigenvalue weighted by Crippen LogP contribution is -2.32. The highest BCUT2D eigenvalue weighted by atomic mass is 35.5. The minimum absolute atomic E-state index is 0.0357. The molecule has 1 heterocycles. The molecule has 0 unspecified atom stereocenters. The number of benzene rings is 2. The minimum atomic E-state index is -4.48. The molecule has 0 bridgehead atoms. The second-order valence-electron chi connectivity index (χ2n) is 5.88. The van der Waals surface area contributed by atoms with Crippen LogP contribution in [0.15, 0.2) is 47.5 Å². The fraction of sp³-hybridized carbons (Fsp3) is 0.278. The number of anilines is 1. The molecule has 3 nitrogen and oxygen atoms in total. The van der Waals surface area contributed by atoms with Crippen molar-refractivity contribution in [3.05, 3.63) is 59.2 Å². The van der Waals surface area contributed by atoms with Gasteiger partial charge in [0.2, 0.25) is 0 Å². The van der Waals surface area contributed by atoms with Gasteiger partial charge < -0.3 is 10.6 Å². The van der Waals surface area contributed by atoms with Crippen LogP contribution in [0.5, 0.6) is 0 Å². The van der Waals surface area contributed by atoms with Gasteiger partial charge in [0.1, 0.15) is 5.84 Å². The summed E-state index contributed by atoms with van der Waals surface area (Å²) >= 11 is 5.55. The summed E-state index contributed by atoms with van der Waals surface area (Å²) in [5.41, 5.74) is 7.35. The summed E-state index contributed by atoms with van der Waals surface area (Å²) in [6, 6.07) is 11.8. The van der Waals surface area contributed by atoms with Crippen molar-refractivity contribution < 1.29 is 13.2 Å². The Hall–Kier alpha value is -2.21. The molecular weight excluding hydrogens is 351 g/mol. The van der Waals surface area contributed by atoms with Crippen molar-refractivity contribution in [1.82, 2.24) is 0 Å². The zero-order chi connectivity index (χ0) is 18.0. The van der Waals surface area contributed by atoms with Crippen molar-refractivity contribution in [2.75, 3.05) is 17.3 Å². The summed E-state index contributed by atoms with van der Waals surface area (Å²) in [5, 5.41) is 0. The molecule has 2 aromatic rings. The number of fused-ring (bicyclic) bond motifs is 1. The van der Waals surface area contributed by atoms with Gasteiger partial charge in [-0.1, -0.05) is 24.3 Å². The summed E-state index contributed by atoms with van der Waals surface area (Å²) in [5.74, 6) is 0.0425. The van der Waals surface area contributed by atoms with Crippen LogP contribution in [0.25, 0.3) is 0 Å². The average Bonchev–Trinajstić information content (AvgIpc) is 2.60. The van der Waals surface area contributed by atoms with Crippen molar-refractivity contribution in [3.8, 4) is 0 Å². The maximum absolute atomic E-state index is 13.6. The first-order valence-corrected chi connectivity index (χ1v) is 8.34. The normalized spacial score (nSPS) is 15.2. The molecule has 1 aliphatic rings. The Bertz CT molecular complexity index is 802. The van der Waals surface area contributed by atoms with Crippen molar-refractivity contribution in [1.29, 1.82) is 0 Å². The van der Waals surface area contributed by atoms with Gasteiger partial charge >= 0.3 is 6.18 Å². The highest BCUT2D eigenvalue weighted by Crippen LogP contribution is 2.40. The van der Waals surface area contributed by atoms with E-state index in [4.69, 9.17) is 17.3 Å². The zero-order valence-electron chi connectivity index (χ0n) is 13.4. The Kier molecular flexibility index (Phi) is 4.90. The predicted octanol–water partition coefficient (Wildman–Crippen LogP) is 4.50. The minimum Gasteiger partial charge on any atom is -0.386 e. The first kappa shape index (κ1) is 17.6. The molecule has 25 heavy (non-hydrogen) atoms. The fourth-order valence-electron chi connectivity index (χ4n) is 2.99. The molecule has 0 amide bonds. The van der Waals surface area contributed by atoms with Crippen LogP contribution in [0.2, 0.25) is 0 Å². The number of alkyl halides is 4. The van der Waals surface area contributed by atoms with E-state index in [1.807, 2.05) is 24.3 Å². The summed E-state index contributed by atoms with van der Waals surface area (Å²) in [7, 11) is 0.